The molecule has 176 valence electrons. The highest BCUT2D eigenvalue weighted by molar-refractivity contribution is 5.74. The largest absolute Gasteiger partial charge is 0.490 e. The number of ether oxygens (including phenoxy) is 1. The van der Waals surface area contributed by atoms with E-state index in [-0.39, 0.29) is 18.6 Å². The van der Waals surface area contributed by atoms with E-state index >= 15 is 0 Å². The second kappa shape index (κ2) is 9.67. The Morgan fingerprint density at radius 2 is 1.88 bits per heavy atom. The molecule has 2 aliphatic heterocycles. The number of hydrogen-bond acceptors (Lipinski definition) is 3. The van der Waals surface area contributed by atoms with Gasteiger partial charge in [-0.25, -0.2) is 13.6 Å². The molecule has 1 aliphatic carbocycles. The monoisotopic (exact) mass is 455 g/mol. The molecule has 2 amide bonds. The van der Waals surface area contributed by atoms with Crippen LogP contribution in [0.3, 0.4) is 0 Å². The highest BCUT2D eigenvalue weighted by Crippen LogP contribution is 2.31. The quantitative estimate of drug-likeness (QED) is 0.650. The fraction of sp³-hybridized carbons (Fsp3) is 0.500. The average Bonchev–Trinajstić information content (AvgIpc) is 3.50. The molecule has 0 bridgehead atoms. The molecular weight excluding hydrogens is 424 g/mol. The van der Waals surface area contributed by atoms with Crippen molar-refractivity contribution in [1.82, 2.24) is 15.1 Å². The van der Waals surface area contributed by atoms with E-state index in [9.17, 15) is 13.6 Å². The highest BCUT2D eigenvalue weighted by atomic mass is 19.1. The SMILES string of the molecule is O=C(NCc1ccc(OC2CC2)cc1)N(Cc1ccc(F)cc1F)C1CCN2CCC[C@H]2C1. The highest BCUT2D eigenvalue weighted by Gasteiger charge is 2.36. The molecule has 1 saturated carbocycles. The lowest BCUT2D eigenvalue weighted by molar-refractivity contribution is 0.0973. The number of amides is 2. The lowest BCUT2D eigenvalue weighted by Crippen LogP contribution is -2.52. The molecule has 2 heterocycles. The average molecular weight is 456 g/mol. The molecule has 5 rings (SSSR count). The van der Waals surface area contributed by atoms with Crippen molar-refractivity contribution in [2.45, 2.75) is 69.8 Å². The molecule has 5 nitrogen and oxygen atoms in total. The molecule has 1 N–H and O–H groups in total. The minimum atomic E-state index is -0.614. The van der Waals surface area contributed by atoms with Crippen molar-refractivity contribution in [3.63, 3.8) is 0 Å². The zero-order valence-electron chi connectivity index (χ0n) is 18.8. The molecule has 2 atom stereocenters. The first kappa shape index (κ1) is 22.1. The van der Waals surface area contributed by atoms with Gasteiger partial charge in [0.15, 0.2) is 0 Å². The lowest BCUT2D eigenvalue weighted by Gasteiger charge is -2.40. The number of halogens is 2. The van der Waals surface area contributed by atoms with Crippen LogP contribution < -0.4 is 10.1 Å². The predicted molar refractivity (Wildman–Crippen MR) is 122 cm³/mol. The number of rotatable bonds is 7. The Balaban J connectivity index is 1.26. The van der Waals surface area contributed by atoms with Gasteiger partial charge in [-0.15, -0.1) is 0 Å². The first-order chi connectivity index (χ1) is 16.0. The van der Waals surface area contributed by atoms with Gasteiger partial charge in [-0.3, -0.25) is 0 Å². The van der Waals surface area contributed by atoms with Gasteiger partial charge in [-0.05, 0) is 68.8 Å². The summed E-state index contributed by atoms with van der Waals surface area (Å²) < 4.78 is 33.6. The number of fused-ring (bicyclic) bond motifs is 1. The van der Waals surface area contributed by atoms with Crippen LogP contribution >= 0.6 is 0 Å². The van der Waals surface area contributed by atoms with Crippen LogP contribution in [0.5, 0.6) is 5.75 Å². The normalized spacial score (nSPS) is 22.6. The number of benzene rings is 2. The van der Waals surface area contributed by atoms with Gasteiger partial charge in [0.1, 0.15) is 17.4 Å². The maximum Gasteiger partial charge on any atom is 0.318 e. The fourth-order valence-electron chi connectivity index (χ4n) is 5.03. The van der Waals surface area contributed by atoms with Gasteiger partial charge in [-0.2, -0.15) is 0 Å². The van der Waals surface area contributed by atoms with E-state index in [0.717, 1.165) is 62.6 Å². The van der Waals surface area contributed by atoms with Crippen molar-refractivity contribution in [2.24, 2.45) is 0 Å². The maximum absolute atomic E-state index is 14.4. The standard InChI is InChI=1S/C26H31F2N3O2/c27-20-6-5-19(25(28)14-20)17-31(22-11-13-30-12-1-2-21(30)15-22)26(32)29-16-18-3-7-23(8-4-18)33-24-9-10-24/h3-8,14,21-22,24H,1-2,9-13,15-17H2,(H,29,32)/t21-,22?/m0/s1. The van der Waals surface area contributed by atoms with Gasteiger partial charge < -0.3 is 19.9 Å². The summed E-state index contributed by atoms with van der Waals surface area (Å²) in [5.74, 6) is -0.373. The molecule has 1 unspecified atom stereocenters. The number of carbonyl (C=O) groups is 1. The molecule has 33 heavy (non-hydrogen) atoms. The molecular formula is C26H31F2N3O2. The predicted octanol–water partition coefficient (Wildman–Crippen LogP) is 4.84. The summed E-state index contributed by atoms with van der Waals surface area (Å²) in [6, 6.07) is 11.7. The maximum atomic E-state index is 14.4. The molecule has 0 spiro atoms. The molecule has 0 radical (unpaired) electrons. The van der Waals surface area contributed by atoms with Gasteiger partial charge in [0.05, 0.1) is 12.6 Å². The van der Waals surface area contributed by atoms with E-state index in [1.54, 1.807) is 4.90 Å². The van der Waals surface area contributed by atoms with Crippen LogP contribution in [0.2, 0.25) is 0 Å². The van der Waals surface area contributed by atoms with Crippen LogP contribution in [0.15, 0.2) is 42.5 Å². The summed E-state index contributed by atoms with van der Waals surface area (Å²) in [6.45, 7) is 2.58. The molecule has 2 aromatic rings. The molecule has 3 fully saturated rings. The second-order valence-electron chi connectivity index (χ2n) is 9.49. The van der Waals surface area contributed by atoms with Gasteiger partial charge >= 0.3 is 6.03 Å². The smallest absolute Gasteiger partial charge is 0.318 e. The number of urea groups is 1. The van der Waals surface area contributed by atoms with Crippen molar-refractivity contribution in [2.75, 3.05) is 13.1 Å². The summed E-state index contributed by atoms with van der Waals surface area (Å²) in [5.41, 5.74) is 1.31. The Labute approximate surface area is 193 Å². The summed E-state index contributed by atoms with van der Waals surface area (Å²) in [4.78, 5) is 17.5. The van der Waals surface area contributed by atoms with E-state index < -0.39 is 11.6 Å². The van der Waals surface area contributed by atoms with Crippen molar-refractivity contribution in [3.05, 3.63) is 65.2 Å². The molecule has 2 saturated heterocycles. The Kier molecular flexibility index (Phi) is 6.49. The van der Waals surface area contributed by atoms with E-state index in [1.165, 1.54) is 18.6 Å². The van der Waals surface area contributed by atoms with Gasteiger partial charge in [-0.1, -0.05) is 18.2 Å². The fourth-order valence-corrected chi connectivity index (χ4v) is 5.03. The molecule has 2 aromatic carbocycles. The third kappa shape index (κ3) is 5.46. The number of nitrogens with zero attached hydrogens (tertiary/aromatic N) is 2. The van der Waals surface area contributed by atoms with Crippen molar-refractivity contribution in [3.8, 4) is 5.75 Å². The first-order valence-electron chi connectivity index (χ1n) is 12.0. The molecule has 7 heteroatoms. The number of hydrogen-bond donors (Lipinski definition) is 1. The topological polar surface area (TPSA) is 44.8 Å². The Hall–Kier alpha value is -2.67. The van der Waals surface area contributed by atoms with Crippen LogP contribution in [-0.2, 0) is 13.1 Å². The Morgan fingerprint density at radius 3 is 2.64 bits per heavy atom. The summed E-state index contributed by atoms with van der Waals surface area (Å²) in [7, 11) is 0. The summed E-state index contributed by atoms with van der Waals surface area (Å²) in [6.07, 6.45) is 6.67. The van der Waals surface area contributed by atoms with E-state index in [0.29, 0.717) is 24.3 Å². The zero-order chi connectivity index (χ0) is 22.8. The minimum absolute atomic E-state index is 0.0307. The number of carbonyl (C=O) groups excluding carboxylic acids is 1. The first-order valence-corrected chi connectivity index (χ1v) is 12.0. The van der Waals surface area contributed by atoms with Crippen LogP contribution in [-0.4, -0.2) is 47.1 Å². The molecule has 3 aliphatic rings. The Bertz CT molecular complexity index is 980. The third-order valence-corrected chi connectivity index (χ3v) is 7.04. The minimum Gasteiger partial charge on any atom is -0.490 e. The number of nitrogens with one attached hydrogen (secondary N) is 1. The van der Waals surface area contributed by atoms with E-state index in [2.05, 4.69) is 10.2 Å². The van der Waals surface area contributed by atoms with Gasteiger partial charge in [0, 0.05) is 36.8 Å². The van der Waals surface area contributed by atoms with Crippen molar-refractivity contribution in [1.29, 1.82) is 0 Å². The zero-order valence-corrected chi connectivity index (χ0v) is 18.8. The summed E-state index contributed by atoms with van der Waals surface area (Å²) in [5, 5.41) is 3.02. The summed E-state index contributed by atoms with van der Waals surface area (Å²) >= 11 is 0. The van der Waals surface area contributed by atoms with E-state index in [1.807, 2.05) is 24.3 Å². The van der Waals surface area contributed by atoms with Gasteiger partial charge in [0.2, 0.25) is 0 Å². The molecule has 0 aromatic heterocycles. The van der Waals surface area contributed by atoms with Crippen molar-refractivity contribution < 1.29 is 18.3 Å². The van der Waals surface area contributed by atoms with Crippen LogP contribution in [0, 0.1) is 11.6 Å². The van der Waals surface area contributed by atoms with Crippen LogP contribution in [0.1, 0.15) is 49.7 Å². The second-order valence-corrected chi connectivity index (χ2v) is 9.49. The lowest BCUT2D eigenvalue weighted by atomic mass is 9.96. The number of piperidine rings is 1. The van der Waals surface area contributed by atoms with Gasteiger partial charge in [0.25, 0.3) is 0 Å². The third-order valence-electron chi connectivity index (χ3n) is 7.04. The van der Waals surface area contributed by atoms with E-state index in [4.69, 9.17) is 4.74 Å². The Morgan fingerprint density at radius 1 is 1.06 bits per heavy atom. The van der Waals surface area contributed by atoms with Crippen molar-refractivity contribution >= 4 is 6.03 Å². The van der Waals surface area contributed by atoms with Crippen LogP contribution in [0.4, 0.5) is 13.6 Å². The van der Waals surface area contributed by atoms with Crippen LogP contribution in [0.25, 0.3) is 0 Å².